The summed E-state index contributed by atoms with van der Waals surface area (Å²) in [7, 11) is 0. The normalized spacial score (nSPS) is 35.1. The number of aliphatic carboxylic acids is 1. The smallest absolute Gasteiger partial charge is 0.331 e. The molecule has 0 spiro atoms. The Hall–Kier alpha value is -1.03. The monoisotopic (exact) mass is 278 g/mol. The van der Waals surface area contributed by atoms with Gasteiger partial charge in [0.15, 0.2) is 6.29 Å². The highest BCUT2D eigenvalue weighted by Crippen LogP contribution is 2.22. The van der Waals surface area contributed by atoms with Crippen molar-refractivity contribution in [2.24, 2.45) is 0 Å². The summed E-state index contributed by atoms with van der Waals surface area (Å²) < 4.78 is 10.2. The lowest BCUT2D eigenvalue weighted by Crippen LogP contribution is -2.59. The lowest BCUT2D eigenvalue weighted by molar-refractivity contribution is -0.300. The van der Waals surface area contributed by atoms with Gasteiger partial charge in [-0.05, 0) is 0 Å². The van der Waals surface area contributed by atoms with Crippen LogP contribution < -0.4 is 0 Å². The molecule has 110 valence electrons. The predicted octanol–water partition coefficient (Wildman–Crippen LogP) is -2.17. The van der Waals surface area contributed by atoms with Crippen molar-refractivity contribution in [3.63, 3.8) is 0 Å². The molecule has 1 aliphatic rings. The van der Waals surface area contributed by atoms with E-state index < -0.39 is 43.3 Å². The van der Waals surface area contributed by atoms with Crippen molar-refractivity contribution in [3.8, 4) is 0 Å². The van der Waals surface area contributed by atoms with Crippen molar-refractivity contribution < 1.29 is 39.8 Å². The number of rotatable bonds is 6. The Balaban J connectivity index is 2.48. The van der Waals surface area contributed by atoms with Gasteiger partial charge in [-0.25, -0.2) is 4.79 Å². The molecule has 19 heavy (non-hydrogen) atoms. The van der Waals surface area contributed by atoms with Crippen LogP contribution >= 0.6 is 0 Å². The fourth-order valence-corrected chi connectivity index (χ4v) is 1.61. The minimum absolute atomic E-state index is 0.0182. The van der Waals surface area contributed by atoms with E-state index >= 15 is 0 Å². The Morgan fingerprint density at radius 3 is 2.37 bits per heavy atom. The van der Waals surface area contributed by atoms with Crippen molar-refractivity contribution in [2.45, 2.75) is 37.1 Å². The van der Waals surface area contributed by atoms with E-state index in [1.165, 1.54) is 0 Å². The average Bonchev–Trinajstić information content (AvgIpc) is 2.38. The lowest BCUT2D eigenvalue weighted by Gasteiger charge is -2.39. The summed E-state index contributed by atoms with van der Waals surface area (Å²) in [6, 6.07) is 0. The second kappa shape index (κ2) is 6.94. The molecule has 0 aromatic carbocycles. The molecular formula is C11H18O8. The maximum atomic E-state index is 10.5. The number of carbonyl (C=O) groups is 1. The summed E-state index contributed by atoms with van der Waals surface area (Å²) >= 11 is 0. The molecule has 1 heterocycles. The largest absolute Gasteiger partial charge is 0.478 e. The summed E-state index contributed by atoms with van der Waals surface area (Å²) in [5.41, 5.74) is -0.0652. The van der Waals surface area contributed by atoms with Crippen LogP contribution in [0.2, 0.25) is 0 Å². The van der Waals surface area contributed by atoms with Crippen LogP contribution in [0.15, 0.2) is 12.2 Å². The standard InChI is InChI=1S/C11H18O8/c1-5(10(16)17)2-3-18-11-9(15)8(14)7(13)6(4-12)19-11/h6-9,11-15H,1-4H2,(H,16,17). The van der Waals surface area contributed by atoms with E-state index in [2.05, 4.69) is 6.58 Å². The number of aliphatic hydroxyl groups is 4. The SMILES string of the molecule is C=C(CCOC1OC(CO)C(O)C(O)C1O)C(=O)O. The highest BCUT2D eigenvalue weighted by molar-refractivity contribution is 5.85. The molecule has 0 saturated carbocycles. The first kappa shape index (κ1) is 16.0. The highest BCUT2D eigenvalue weighted by Gasteiger charge is 2.43. The molecule has 5 atom stereocenters. The van der Waals surface area contributed by atoms with Crippen molar-refractivity contribution in [1.29, 1.82) is 0 Å². The van der Waals surface area contributed by atoms with Gasteiger partial charge >= 0.3 is 5.97 Å². The summed E-state index contributed by atoms with van der Waals surface area (Å²) in [4.78, 5) is 10.5. The maximum Gasteiger partial charge on any atom is 0.331 e. The van der Waals surface area contributed by atoms with Crippen molar-refractivity contribution in [3.05, 3.63) is 12.2 Å². The third-order valence-corrected chi connectivity index (χ3v) is 2.84. The van der Waals surface area contributed by atoms with Gasteiger partial charge in [0.1, 0.15) is 24.4 Å². The fraction of sp³-hybridized carbons (Fsp3) is 0.727. The fourth-order valence-electron chi connectivity index (χ4n) is 1.61. The topological polar surface area (TPSA) is 137 Å². The quantitative estimate of drug-likeness (QED) is 0.346. The van der Waals surface area contributed by atoms with Gasteiger partial charge in [0.05, 0.1) is 13.2 Å². The van der Waals surface area contributed by atoms with Gasteiger partial charge in [-0.15, -0.1) is 0 Å². The van der Waals surface area contributed by atoms with Gasteiger partial charge < -0.3 is 35.0 Å². The van der Waals surface area contributed by atoms with Gasteiger partial charge in [0.25, 0.3) is 0 Å². The first-order chi connectivity index (χ1) is 8.88. The first-order valence-corrected chi connectivity index (χ1v) is 5.71. The number of carboxylic acid groups (broad SMARTS) is 1. The Morgan fingerprint density at radius 1 is 1.21 bits per heavy atom. The van der Waals surface area contributed by atoms with Crippen LogP contribution in [0.3, 0.4) is 0 Å². The number of aliphatic hydroxyl groups excluding tert-OH is 4. The summed E-state index contributed by atoms with van der Waals surface area (Å²) in [6.07, 6.45) is -6.74. The third kappa shape index (κ3) is 3.96. The van der Waals surface area contributed by atoms with Gasteiger partial charge in [-0.3, -0.25) is 0 Å². The molecule has 5 unspecified atom stereocenters. The van der Waals surface area contributed by atoms with E-state index in [1.807, 2.05) is 0 Å². The van der Waals surface area contributed by atoms with E-state index in [-0.39, 0.29) is 18.6 Å². The van der Waals surface area contributed by atoms with E-state index in [4.69, 9.17) is 19.7 Å². The van der Waals surface area contributed by atoms with Crippen LogP contribution in [0.4, 0.5) is 0 Å². The molecule has 0 aromatic rings. The van der Waals surface area contributed by atoms with Crippen molar-refractivity contribution >= 4 is 5.97 Å². The highest BCUT2D eigenvalue weighted by atomic mass is 16.7. The molecule has 0 aliphatic carbocycles. The van der Waals surface area contributed by atoms with E-state index in [0.29, 0.717) is 0 Å². The Kier molecular flexibility index (Phi) is 5.85. The number of ether oxygens (including phenoxy) is 2. The minimum Gasteiger partial charge on any atom is -0.478 e. The molecule has 1 fully saturated rings. The zero-order valence-electron chi connectivity index (χ0n) is 10.2. The molecule has 8 nitrogen and oxygen atoms in total. The molecular weight excluding hydrogens is 260 g/mol. The van der Waals surface area contributed by atoms with Gasteiger partial charge in [-0.1, -0.05) is 6.58 Å². The second-order valence-electron chi connectivity index (χ2n) is 4.23. The van der Waals surface area contributed by atoms with Crippen LogP contribution in [0, 0.1) is 0 Å². The molecule has 1 aliphatic heterocycles. The van der Waals surface area contributed by atoms with Crippen molar-refractivity contribution in [2.75, 3.05) is 13.2 Å². The molecule has 8 heteroatoms. The van der Waals surface area contributed by atoms with E-state index in [0.717, 1.165) is 0 Å². The maximum absolute atomic E-state index is 10.5. The second-order valence-corrected chi connectivity index (χ2v) is 4.23. The van der Waals surface area contributed by atoms with Crippen LogP contribution in [0.25, 0.3) is 0 Å². The summed E-state index contributed by atoms with van der Waals surface area (Å²) in [6.45, 7) is 2.66. The molecule has 0 radical (unpaired) electrons. The molecule has 0 aromatic heterocycles. The number of hydrogen-bond acceptors (Lipinski definition) is 7. The summed E-state index contributed by atoms with van der Waals surface area (Å²) in [5.74, 6) is -1.16. The van der Waals surface area contributed by atoms with Crippen LogP contribution in [0.5, 0.6) is 0 Å². The molecule has 0 amide bonds. The van der Waals surface area contributed by atoms with Crippen LogP contribution in [-0.4, -0.2) is 75.4 Å². The lowest BCUT2D eigenvalue weighted by atomic mass is 9.99. The minimum atomic E-state index is -1.52. The predicted molar refractivity (Wildman–Crippen MR) is 61.1 cm³/mol. The van der Waals surface area contributed by atoms with Gasteiger partial charge in [0, 0.05) is 12.0 Å². The van der Waals surface area contributed by atoms with Gasteiger partial charge in [-0.2, -0.15) is 0 Å². The molecule has 0 bridgehead atoms. The molecule has 1 rings (SSSR count). The zero-order valence-corrected chi connectivity index (χ0v) is 10.2. The first-order valence-electron chi connectivity index (χ1n) is 5.71. The Morgan fingerprint density at radius 2 is 1.84 bits per heavy atom. The van der Waals surface area contributed by atoms with Crippen LogP contribution in [-0.2, 0) is 14.3 Å². The number of hydrogen-bond donors (Lipinski definition) is 5. The van der Waals surface area contributed by atoms with Gasteiger partial charge in [0.2, 0.25) is 0 Å². The van der Waals surface area contributed by atoms with Crippen LogP contribution in [0.1, 0.15) is 6.42 Å². The number of carboxylic acids is 1. The average molecular weight is 278 g/mol. The molecule has 1 saturated heterocycles. The Labute approximate surface area is 109 Å². The third-order valence-electron chi connectivity index (χ3n) is 2.84. The van der Waals surface area contributed by atoms with Crippen molar-refractivity contribution in [1.82, 2.24) is 0 Å². The zero-order chi connectivity index (χ0) is 14.6. The van der Waals surface area contributed by atoms with E-state index in [1.54, 1.807) is 0 Å². The van der Waals surface area contributed by atoms with E-state index in [9.17, 15) is 20.1 Å². The summed E-state index contributed by atoms with van der Waals surface area (Å²) in [5, 5.41) is 46.1. The molecule has 5 N–H and O–H groups in total. The Bertz CT molecular complexity index is 329.